The molecule has 0 bridgehead atoms. The Bertz CT molecular complexity index is 273. The summed E-state index contributed by atoms with van der Waals surface area (Å²) in [5.74, 6) is 0. The maximum absolute atomic E-state index is 4.53. The fraction of sp³-hybridized carbons (Fsp3) is 0.667. The van der Waals surface area contributed by atoms with Gasteiger partial charge in [-0.05, 0) is 38.7 Å². The van der Waals surface area contributed by atoms with E-state index in [1.165, 1.54) is 36.2 Å². The fourth-order valence-electron chi connectivity index (χ4n) is 1.91. The van der Waals surface area contributed by atoms with Gasteiger partial charge < -0.3 is 0 Å². The molecule has 1 aromatic rings. The normalized spacial score (nSPS) is 15.5. The van der Waals surface area contributed by atoms with E-state index < -0.39 is 0 Å². The van der Waals surface area contributed by atoms with Crippen molar-refractivity contribution in [1.29, 1.82) is 0 Å². The molecule has 0 atom stereocenters. The third-order valence-electron chi connectivity index (χ3n) is 2.55. The van der Waals surface area contributed by atoms with E-state index in [0.29, 0.717) is 0 Å². The average Bonchev–Trinajstić information content (AvgIpc) is 2.53. The minimum absolute atomic E-state index is 1.01. The van der Waals surface area contributed by atoms with Crippen molar-refractivity contribution < 1.29 is 0 Å². The molecule has 2 nitrogen and oxygen atoms in total. The summed E-state index contributed by atoms with van der Waals surface area (Å²) in [6.45, 7) is 5.34. The van der Waals surface area contributed by atoms with Gasteiger partial charge in [0.1, 0.15) is 0 Å². The van der Waals surface area contributed by atoms with Crippen molar-refractivity contribution in [3.8, 4) is 0 Å². The van der Waals surface area contributed by atoms with Gasteiger partial charge >= 0.3 is 0 Å². The first-order valence-corrected chi connectivity index (χ1v) is 4.38. The van der Waals surface area contributed by atoms with Crippen molar-refractivity contribution in [3.05, 3.63) is 17.0 Å². The molecule has 0 N–H and O–H groups in total. The number of nitrogens with zero attached hydrogens (tertiary/aromatic N) is 2. The van der Waals surface area contributed by atoms with E-state index >= 15 is 0 Å². The van der Waals surface area contributed by atoms with Gasteiger partial charge in [-0.15, -0.1) is 0 Å². The van der Waals surface area contributed by atoms with E-state index in [2.05, 4.69) is 23.6 Å². The molecule has 2 rings (SSSR count). The van der Waals surface area contributed by atoms with Crippen LogP contribution in [0.2, 0.25) is 0 Å². The fourth-order valence-corrected chi connectivity index (χ4v) is 1.91. The van der Waals surface area contributed by atoms with Gasteiger partial charge in [0, 0.05) is 12.2 Å². The van der Waals surface area contributed by atoms with Gasteiger partial charge in [-0.3, -0.25) is 4.68 Å². The summed E-state index contributed by atoms with van der Waals surface area (Å²) in [6, 6.07) is 0. The van der Waals surface area contributed by atoms with Gasteiger partial charge in [0.25, 0.3) is 0 Å². The molecule has 1 aliphatic rings. The maximum Gasteiger partial charge on any atom is 0.0659 e. The molecule has 1 aromatic heterocycles. The van der Waals surface area contributed by atoms with Crippen LogP contribution in [0.4, 0.5) is 0 Å². The number of aryl methyl sites for hydroxylation is 2. The largest absolute Gasteiger partial charge is 0.270 e. The summed E-state index contributed by atoms with van der Waals surface area (Å²) in [5.41, 5.74) is 4.26. The molecule has 0 saturated heterocycles. The number of hydrogen-bond donors (Lipinski definition) is 0. The molecule has 0 amide bonds. The standard InChI is InChI=1S/C9H14N2/c1-3-11-7(2)8-5-4-6-9(8)10-11/h3-6H2,1-2H3. The Balaban J connectivity index is 2.49. The molecule has 11 heavy (non-hydrogen) atoms. The number of rotatable bonds is 1. The smallest absolute Gasteiger partial charge is 0.0659 e. The zero-order valence-corrected chi connectivity index (χ0v) is 7.22. The van der Waals surface area contributed by atoms with Crippen LogP contribution < -0.4 is 0 Å². The Kier molecular flexibility index (Phi) is 1.48. The third-order valence-corrected chi connectivity index (χ3v) is 2.55. The summed E-state index contributed by atoms with van der Waals surface area (Å²) >= 11 is 0. The maximum atomic E-state index is 4.53. The predicted molar refractivity (Wildman–Crippen MR) is 44.7 cm³/mol. The van der Waals surface area contributed by atoms with Crippen LogP contribution in [0.15, 0.2) is 0 Å². The minimum Gasteiger partial charge on any atom is -0.270 e. The monoisotopic (exact) mass is 150 g/mol. The van der Waals surface area contributed by atoms with Crippen LogP contribution >= 0.6 is 0 Å². The molecule has 0 radical (unpaired) electrons. The molecule has 1 heterocycles. The van der Waals surface area contributed by atoms with Crippen LogP contribution in [-0.2, 0) is 19.4 Å². The number of hydrogen-bond acceptors (Lipinski definition) is 1. The average molecular weight is 150 g/mol. The molecule has 0 spiro atoms. The second kappa shape index (κ2) is 2.36. The van der Waals surface area contributed by atoms with Crippen LogP contribution in [0.5, 0.6) is 0 Å². The zero-order valence-electron chi connectivity index (χ0n) is 7.22. The zero-order chi connectivity index (χ0) is 7.84. The van der Waals surface area contributed by atoms with E-state index in [4.69, 9.17) is 0 Å². The first-order chi connectivity index (χ1) is 5.33. The van der Waals surface area contributed by atoms with Crippen molar-refractivity contribution in [2.24, 2.45) is 0 Å². The highest BCUT2D eigenvalue weighted by Crippen LogP contribution is 2.23. The Morgan fingerprint density at radius 2 is 2.27 bits per heavy atom. The lowest BCUT2D eigenvalue weighted by Gasteiger charge is -1.99. The molecule has 0 fully saturated rings. The van der Waals surface area contributed by atoms with E-state index in [1.54, 1.807) is 0 Å². The van der Waals surface area contributed by atoms with Gasteiger partial charge in [-0.25, -0.2) is 0 Å². The number of fused-ring (bicyclic) bond motifs is 1. The van der Waals surface area contributed by atoms with Gasteiger partial charge in [0.05, 0.1) is 5.69 Å². The van der Waals surface area contributed by atoms with Crippen molar-refractivity contribution in [2.75, 3.05) is 0 Å². The van der Waals surface area contributed by atoms with Gasteiger partial charge in [0.2, 0.25) is 0 Å². The van der Waals surface area contributed by atoms with Crippen LogP contribution in [0.3, 0.4) is 0 Å². The molecule has 2 heteroatoms. The highest BCUT2D eigenvalue weighted by atomic mass is 15.3. The molecule has 0 unspecified atom stereocenters. The lowest BCUT2D eigenvalue weighted by Crippen LogP contribution is -2.00. The Labute approximate surface area is 67.2 Å². The van der Waals surface area contributed by atoms with Crippen LogP contribution in [0.1, 0.15) is 30.3 Å². The van der Waals surface area contributed by atoms with Crippen LogP contribution in [-0.4, -0.2) is 9.78 Å². The molecule has 0 aromatic carbocycles. The molecular formula is C9H14N2. The van der Waals surface area contributed by atoms with E-state index in [1.807, 2.05) is 0 Å². The van der Waals surface area contributed by atoms with Crippen LogP contribution in [0, 0.1) is 6.92 Å². The lowest BCUT2D eigenvalue weighted by molar-refractivity contribution is 0.621. The van der Waals surface area contributed by atoms with Gasteiger partial charge in [-0.1, -0.05) is 0 Å². The number of aromatic nitrogens is 2. The SMILES string of the molecule is CCn1nc2c(c1C)CCC2. The van der Waals surface area contributed by atoms with Gasteiger partial charge in [-0.2, -0.15) is 5.10 Å². The second-order valence-corrected chi connectivity index (χ2v) is 3.18. The van der Waals surface area contributed by atoms with Crippen molar-refractivity contribution >= 4 is 0 Å². The van der Waals surface area contributed by atoms with Crippen molar-refractivity contribution in [2.45, 2.75) is 39.7 Å². The minimum atomic E-state index is 1.01. The Morgan fingerprint density at radius 3 is 2.91 bits per heavy atom. The van der Waals surface area contributed by atoms with E-state index in [9.17, 15) is 0 Å². The highest BCUT2D eigenvalue weighted by molar-refractivity contribution is 5.29. The molecule has 1 aliphatic carbocycles. The van der Waals surface area contributed by atoms with Crippen molar-refractivity contribution in [1.82, 2.24) is 9.78 Å². The lowest BCUT2D eigenvalue weighted by atomic mass is 10.2. The van der Waals surface area contributed by atoms with Gasteiger partial charge in [0.15, 0.2) is 0 Å². The molecule has 0 saturated carbocycles. The van der Waals surface area contributed by atoms with Crippen molar-refractivity contribution in [3.63, 3.8) is 0 Å². The summed E-state index contributed by atoms with van der Waals surface area (Å²) in [6.07, 6.45) is 3.76. The quantitative estimate of drug-likeness (QED) is 0.595. The summed E-state index contributed by atoms with van der Waals surface area (Å²) in [4.78, 5) is 0. The molecular weight excluding hydrogens is 136 g/mol. The first-order valence-electron chi connectivity index (χ1n) is 4.38. The topological polar surface area (TPSA) is 17.8 Å². The Hall–Kier alpha value is -0.790. The molecule has 0 aliphatic heterocycles. The molecule has 60 valence electrons. The van der Waals surface area contributed by atoms with E-state index in [0.717, 1.165) is 6.54 Å². The summed E-state index contributed by atoms with van der Waals surface area (Å²) in [5, 5.41) is 4.53. The van der Waals surface area contributed by atoms with Crippen LogP contribution in [0.25, 0.3) is 0 Å². The Morgan fingerprint density at radius 1 is 1.45 bits per heavy atom. The summed E-state index contributed by atoms with van der Waals surface area (Å²) in [7, 11) is 0. The highest BCUT2D eigenvalue weighted by Gasteiger charge is 2.18. The summed E-state index contributed by atoms with van der Waals surface area (Å²) < 4.78 is 2.11. The predicted octanol–water partition coefficient (Wildman–Crippen LogP) is 1.70. The third kappa shape index (κ3) is 0.889. The second-order valence-electron chi connectivity index (χ2n) is 3.18. The first kappa shape index (κ1) is 6.89. The van der Waals surface area contributed by atoms with E-state index in [-0.39, 0.29) is 0 Å².